The zero-order valence-corrected chi connectivity index (χ0v) is 15.4. The molecule has 140 valence electrons. The molecule has 1 aliphatic carbocycles. The summed E-state index contributed by atoms with van der Waals surface area (Å²) < 4.78 is 5.23. The van der Waals surface area contributed by atoms with E-state index < -0.39 is 0 Å². The molecule has 2 aromatic heterocycles. The number of fused-ring (bicyclic) bond motifs is 1. The molecule has 1 aromatic carbocycles. The molecule has 0 fully saturated rings. The molecule has 0 saturated heterocycles. The van der Waals surface area contributed by atoms with E-state index in [0.717, 1.165) is 29.8 Å². The smallest absolute Gasteiger partial charge is 0.181 e. The highest BCUT2D eigenvalue weighted by atomic mass is 16.3. The van der Waals surface area contributed by atoms with Crippen LogP contribution < -0.4 is 11.1 Å². The first-order valence-electron chi connectivity index (χ1n) is 9.09. The van der Waals surface area contributed by atoms with Gasteiger partial charge in [0, 0.05) is 23.1 Å². The van der Waals surface area contributed by atoms with Crippen molar-refractivity contribution < 1.29 is 4.42 Å². The molecule has 0 bridgehead atoms. The highest BCUT2D eigenvalue weighted by molar-refractivity contribution is 6.12. The first kappa shape index (κ1) is 17.7. The molecule has 0 radical (unpaired) electrons. The Morgan fingerprint density at radius 3 is 2.96 bits per heavy atom. The second kappa shape index (κ2) is 7.16. The fourth-order valence-corrected chi connectivity index (χ4v) is 3.61. The van der Waals surface area contributed by atoms with Crippen molar-refractivity contribution in [2.45, 2.75) is 25.8 Å². The van der Waals surface area contributed by atoms with Crippen LogP contribution >= 0.6 is 0 Å². The normalized spacial score (nSPS) is 18.1. The van der Waals surface area contributed by atoms with Crippen molar-refractivity contribution in [1.29, 1.82) is 10.7 Å². The number of nitrogen functional groups attached to an aromatic ring is 1. The topological polar surface area (TPSA) is 125 Å². The van der Waals surface area contributed by atoms with Gasteiger partial charge in [-0.3, -0.25) is 10.4 Å². The molecule has 3 aromatic rings. The van der Waals surface area contributed by atoms with E-state index >= 15 is 0 Å². The average Bonchev–Trinajstić information content (AvgIpc) is 3.25. The zero-order chi connectivity index (χ0) is 19.7. The van der Waals surface area contributed by atoms with E-state index in [2.05, 4.69) is 28.3 Å². The van der Waals surface area contributed by atoms with Gasteiger partial charge in [0.2, 0.25) is 0 Å². The van der Waals surface area contributed by atoms with Crippen LogP contribution in [-0.4, -0.2) is 15.7 Å². The molecular weight excluding hydrogens is 352 g/mol. The highest BCUT2D eigenvalue weighted by Crippen LogP contribution is 2.36. The standard InChI is InChI=1S/C21H20N6O/c1-12-2-3-14-6-13(8-22)9-26-21(14)20(12)27-15-4-5-17(23)16(7-15)19(24)18-10-25-11-28-18/h4-7,9-12,20,24,27H,2-3,23H2,1H3/t12?,20-/m1/s1. The lowest BCUT2D eigenvalue weighted by Crippen LogP contribution is -2.26. The predicted molar refractivity (Wildman–Crippen MR) is 106 cm³/mol. The predicted octanol–water partition coefficient (Wildman–Crippen LogP) is 3.68. The van der Waals surface area contributed by atoms with Crippen LogP contribution in [0, 0.1) is 22.7 Å². The SMILES string of the molecule is CC1CCc2cc(C#N)cnc2[C@@H]1Nc1ccc(N)c(C(=N)c2cnco2)c1. The van der Waals surface area contributed by atoms with E-state index in [1.807, 2.05) is 18.2 Å². The highest BCUT2D eigenvalue weighted by Gasteiger charge is 2.28. The van der Waals surface area contributed by atoms with Crippen LogP contribution in [0.15, 0.2) is 47.5 Å². The third-order valence-electron chi connectivity index (χ3n) is 5.19. The van der Waals surface area contributed by atoms with Gasteiger partial charge in [0.25, 0.3) is 0 Å². The molecule has 1 unspecified atom stereocenters. The van der Waals surface area contributed by atoms with Gasteiger partial charge in [0.1, 0.15) is 11.8 Å². The van der Waals surface area contributed by atoms with Gasteiger partial charge in [0.15, 0.2) is 12.2 Å². The van der Waals surface area contributed by atoms with Crippen LogP contribution in [0.4, 0.5) is 11.4 Å². The third-order valence-corrected chi connectivity index (χ3v) is 5.19. The lowest BCUT2D eigenvalue weighted by molar-refractivity contribution is 0.425. The molecule has 0 aliphatic heterocycles. The summed E-state index contributed by atoms with van der Waals surface area (Å²) in [7, 11) is 0. The van der Waals surface area contributed by atoms with Crippen molar-refractivity contribution in [2.24, 2.45) is 5.92 Å². The van der Waals surface area contributed by atoms with Gasteiger partial charge in [-0.15, -0.1) is 0 Å². The van der Waals surface area contributed by atoms with Crippen LogP contribution in [0.25, 0.3) is 0 Å². The van der Waals surface area contributed by atoms with Crippen LogP contribution in [0.1, 0.15) is 47.5 Å². The number of aromatic nitrogens is 2. The number of hydrogen-bond donors (Lipinski definition) is 3. The number of nitrogens with zero attached hydrogens (tertiary/aromatic N) is 3. The average molecular weight is 372 g/mol. The van der Waals surface area contributed by atoms with Gasteiger partial charge >= 0.3 is 0 Å². The molecule has 28 heavy (non-hydrogen) atoms. The van der Waals surface area contributed by atoms with Crippen LogP contribution in [0.5, 0.6) is 0 Å². The van der Waals surface area contributed by atoms with E-state index in [4.69, 9.17) is 20.8 Å². The Balaban J connectivity index is 1.66. The molecule has 0 amide bonds. The molecule has 4 rings (SSSR count). The molecule has 0 spiro atoms. The number of hydrogen-bond acceptors (Lipinski definition) is 7. The fraction of sp³-hybridized carbons (Fsp3) is 0.238. The second-order valence-corrected chi connectivity index (χ2v) is 7.06. The first-order valence-corrected chi connectivity index (χ1v) is 9.09. The maximum Gasteiger partial charge on any atom is 0.181 e. The summed E-state index contributed by atoms with van der Waals surface area (Å²) in [6, 6.07) is 9.64. The Morgan fingerprint density at radius 1 is 1.36 bits per heavy atom. The van der Waals surface area contributed by atoms with Gasteiger partial charge in [-0.1, -0.05) is 6.92 Å². The molecule has 1 aliphatic rings. The fourth-order valence-electron chi connectivity index (χ4n) is 3.61. The van der Waals surface area contributed by atoms with Gasteiger partial charge in [-0.05, 0) is 48.6 Å². The lowest BCUT2D eigenvalue weighted by atomic mass is 9.83. The van der Waals surface area contributed by atoms with Gasteiger partial charge < -0.3 is 15.5 Å². The number of oxazole rings is 1. The summed E-state index contributed by atoms with van der Waals surface area (Å²) in [6.45, 7) is 2.19. The Labute approximate surface area is 162 Å². The number of benzene rings is 1. The van der Waals surface area contributed by atoms with E-state index in [0.29, 0.717) is 28.5 Å². The van der Waals surface area contributed by atoms with E-state index in [-0.39, 0.29) is 11.8 Å². The van der Waals surface area contributed by atoms with Crippen molar-refractivity contribution in [3.63, 3.8) is 0 Å². The number of nitrogens with two attached hydrogens (primary N) is 1. The molecule has 7 heteroatoms. The number of nitrogens with one attached hydrogen (secondary N) is 2. The summed E-state index contributed by atoms with van der Waals surface area (Å²) >= 11 is 0. The Kier molecular flexibility index (Phi) is 4.53. The van der Waals surface area contributed by atoms with Crippen molar-refractivity contribution in [2.75, 3.05) is 11.1 Å². The summed E-state index contributed by atoms with van der Waals surface area (Å²) in [4.78, 5) is 8.43. The molecular formula is C21H20N6O. The van der Waals surface area contributed by atoms with E-state index in [9.17, 15) is 0 Å². The Morgan fingerprint density at radius 2 is 2.21 bits per heavy atom. The minimum absolute atomic E-state index is 0.0208. The van der Waals surface area contributed by atoms with Crippen LogP contribution in [0.2, 0.25) is 0 Å². The van der Waals surface area contributed by atoms with Crippen molar-refractivity contribution >= 4 is 17.1 Å². The van der Waals surface area contributed by atoms with Crippen molar-refractivity contribution in [3.05, 3.63) is 71.2 Å². The molecule has 4 N–H and O–H groups in total. The number of anilines is 2. The van der Waals surface area contributed by atoms with Gasteiger partial charge in [0.05, 0.1) is 23.5 Å². The largest absolute Gasteiger partial charge is 0.442 e. The Hall–Kier alpha value is -3.66. The van der Waals surface area contributed by atoms with Crippen LogP contribution in [0.3, 0.4) is 0 Å². The zero-order valence-electron chi connectivity index (χ0n) is 15.4. The summed E-state index contributed by atoms with van der Waals surface area (Å²) in [5.74, 6) is 0.744. The van der Waals surface area contributed by atoms with E-state index in [1.54, 1.807) is 12.3 Å². The number of rotatable bonds is 4. The maximum atomic E-state index is 9.13. The minimum Gasteiger partial charge on any atom is -0.442 e. The van der Waals surface area contributed by atoms with Crippen molar-refractivity contribution in [1.82, 2.24) is 9.97 Å². The maximum absolute atomic E-state index is 9.13. The molecule has 7 nitrogen and oxygen atoms in total. The third kappa shape index (κ3) is 3.21. The summed E-state index contributed by atoms with van der Waals surface area (Å²) in [6.07, 6.45) is 6.35. The minimum atomic E-state index is 0.0208. The number of pyridine rings is 1. The first-order chi connectivity index (χ1) is 13.6. The Bertz CT molecular complexity index is 1070. The lowest BCUT2D eigenvalue weighted by Gasteiger charge is -2.32. The second-order valence-electron chi connectivity index (χ2n) is 7.06. The van der Waals surface area contributed by atoms with E-state index in [1.165, 1.54) is 12.6 Å². The van der Waals surface area contributed by atoms with Gasteiger partial charge in [-0.25, -0.2) is 4.98 Å². The quantitative estimate of drug-likeness (QED) is 0.474. The summed E-state index contributed by atoms with van der Waals surface area (Å²) in [5, 5.41) is 21.0. The van der Waals surface area contributed by atoms with Gasteiger partial charge in [-0.2, -0.15) is 5.26 Å². The molecule has 2 atom stereocenters. The van der Waals surface area contributed by atoms with Crippen LogP contribution in [-0.2, 0) is 6.42 Å². The molecule has 0 saturated carbocycles. The number of nitriles is 1. The number of aryl methyl sites for hydroxylation is 1. The summed E-state index contributed by atoms with van der Waals surface area (Å²) in [5.41, 5.74) is 10.9. The van der Waals surface area contributed by atoms with Crippen molar-refractivity contribution in [3.8, 4) is 6.07 Å². The monoisotopic (exact) mass is 372 g/mol. The molecule has 2 heterocycles.